The van der Waals surface area contributed by atoms with Crippen LogP contribution < -0.4 is 5.32 Å². The first-order valence-corrected chi connectivity index (χ1v) is 6.24. The minimum atomic E-state index is 0.0303. The molecule has 3 nitrogen and oxygen atoms in total. The molecule has 18 heavy (non-hydrogen) atoms. The van der Waals surface area contributed by atoms with Crippen molar-refractivity contribution in [2.45, 2.75) is 19.3 Å². The van der Waals surface area contributed by atoms with Gasteiger partial charge >= 0.3 is 0 Å². The second-order valence-electron chi connectivity index (χ2n) is 4.84. The first-order chi connectivity index (χ1) is 8.58. The summed E-state index contributed by atoms with van der Waals surface area (Å²) in [5.74, 6) is 0.739. The molecule has 94 valence electrons. The molecule has 0 spiro atoms. The number of halogens is 1. The first-order valence-electron chi connectivity index (χ1n) is 5.86. The molecular formula is C14H16ClN3. The molecule has 1 N–H and O–H groups in total. The van der Waals surface area contributed by atoms with Crippen molar-refractivity contribution in [3.8, 4) is 0 Å². The Morgan fingerprint density at radius 1 is 1.06 bits per heavy atom. The lowest BCUT2D eigenvalue weighted by Crippen LogP contribution is -2.27. The molecule has 0 aliphatic carbocycles. The highest BCUT2D eigenvalue weighted by Crippen LogP contribution is 2.23. The van der Waals surface area contributed by atoms with Crippen molar-refractivity contribution in [1.82, 2.24) is 10.2 Å². The summed E-state index contributed by atoms with van der Waals surface area (Å²) >= 11 is 5.70. The van der Waals surface area contributed by atoms with Gasteiger partial charge in [-0.15, -0.1) is 10.2 Å². The smallest absolute Gasteiger partial charge is 0.151 e. The quantitative estimate of drug-likeness (QED) is 0.915. The van der Waals surface area contributed by atoms with Gasteiger partial charge in [0.05, 0.1) is 0 Å². The molecule has 0 bridgehead atoms. The normalized spacial score (nSPS) is 11.3. The van der Waals surface area contributed by atoms with E-state index in [0.717, 1.165) is 12.4 Å². The van der Waals surface area contributed by atoms with E-state index >= 15 is 0 Å². The fourth-order valence-electron chi connectivity index (χ4n) is 1.71. The zero-order chi connectivity index (χ0) is 13.0. The molecule has 0 radical (unpaired) electrons. The summed E-state index contributed by atoms with van der Waals surface area (Å²) in [6, 6.07) is 14.0. The standard InChI is InChI=1S/C14H16ClN3/c1-14(2,11-6-4-3-5-7-11)10-16-13-9-8-12(15)17-18-13/h3-9H,10H2,1-2H3,(H,16,18). The second-order valence-corrected chi connectivity index (χ2v) is 5.23. The molecule has 0 amide bonds. The Morgan fingerprint density at radius 2 is 1.78 bits per heavy atom. The molecule has 0 unspecified atom stereocenters. The van der Waals surface area contributed by atoms with Crippen LogP contribution in [0.15, 0.2) is 42.5 Å². The highest BCUT2D eigenvalue weighted by atomic mass is 35.5. The molecule has 0 aliphatic rings. The van der Waals surface area contributed by atoms with Gasteiger partial charge in [0.2, 0.25) is 0 Å². The predicted octanol–water partition coefficient (Wildman–Crippen LogP) is 3.52. The summed E-state index contributed by atoms with van der Waals surface area (Å²) in [7, 11) is 0. The predicted molar refractivity (Wildman–Crippen MR) is 75.0 cm³/mol. The summed E-state index contributed by atoms with van der Waals surface area (Å²) in [6.07, 6.45) is 0. The van der Waals surface area contributed by atoms with Crippen molar-refractivity contribution in [2.75, 3.05) is 11.9 Å². The maximum absolute atomic E-state index is 5.70. The Kier molecular flexibility index (Phi) is 3.82. The number of nitrogens with zero attached hydrogens (tertiary/aromatic N) is 2. The third-order valence-electron chi connectivity index (χ3n) is 2.90. The summed E-state index contributed by atoms with van der Waals surface area (Å²) in [5, 5.41) is 11.5. The Balaban J connectivity index is 2.03. The van der Waals surface area contributed by atoms with Crippen molar-refractivity contribution in [2.24, 2.45) is 0 Å². The van der Waals surface area contributed by atoms with Gasteiger partial charge in [-0.05, 0) is 17.7 Å². The number of rotatable bonds is 4. The van der Waals surface area contributed by atoms with Gasteiger partial charge in [-0.25, -0.2) is 0 Å². The SMILES string of the molecule is CC(C)(CNc1ccc(Cl)nn1)c1ccccc1. The first kappa shape index (κ1) is 12.8. The number of aromatic nitrogens is 2. The summed E-state index contributed by atoms with van der Waals surface area (Å²) < 4.78 is 0. The summed E-state index contributed by atoms with van der Waals surface area (Å²) in [4.78, 5) is 0. The zero-order valence-electron chi connectivity index (χ0n) is 10.5. The van der Waals surface area contributed by atoms with E-state index < -0.39 is 0 Å². The maximum atomic E-state index is 5.70. The summed E-state index contributed by atoms with van der Waals surface area (Å²) in [6.45, 7) is 5.17. The van der Waals surface area contributed by atoms with Crippen LogP contribution in [0.3, 0.4) is 0 Å². The van der Waals surface area contributed by atoms with Gasteiger partial charge in [-0.3, -0.25) is 0 Å². The Hall–Kier alpha value is -1.61. The van der Waals surface area contributed by atoms with E-state index in [-0.39, 0.29) is 5.41 Å². The Labute approximate surface area is 112 Å². The van der Waals surface area contributed by atoms with Crippen molar-refractivity contribution < 1.29 is 0 Å². The molecule has 2 rings (SSSR count). The molecule has 0 aliphatic heterocycles. The van der Waals surface area contributed by atoms with Crippen LogP contribution in [0, 0.1) is 0 Å². The highest BCUT2D eigenvalue weighted by molar-refractivity contribution is 6.29. The van der Waals surface area contributed by atoms with E-state index in [1.165, 1.54) is 5.56 Å². The average molecular weight is 262 g/mol. The number of anilines is 1. The van der Waals surface area contributed by atoms with Gasteiger partial charge in [-0.2, -0.15) is 0 Å². The van der Waals surface area contributed by atoms with Gasteiger partial charge in [0.25, 0.3) is 0 Å². The lowest BCUT2D eigenvalue weighted by molar-refractivity contribution is 0.556. The largest absolute Gasteiger partial charge is 0.368 e. The van der Waals surface area contributed by atoms with E-state index in [1.54, 1.807) is 6.07 Å². The number of hydrogen-bond acceptors (Lipinski definition) is 3. The molecule has 4 heteroatoms. The van der Waals surface area contributed by atoms with Crippen LogP contribution in [0.1, 0.15) is 19.4 Å². The van der Waals surface area contributed by atoms with E-state index in [4.69, 9.17) is 11.6 Å². The molecule has 1 aromatic carbocycles. The molecule has 0 fully saturated rings. The van der Waals surface area contributed by atoms with Crippen LogP contribution >= 0.6 is 11.6 Å². The molecule has 1 heterocycles. The van der Waals surface area contributed by atoms with Gasteiger partial charge in [-0.1, -0.05) is 55.8 Å². The van der Waals surface area contributed by atoms with Crippen LogP contribution in [0.4, 0.5) is 5.82 Å². The van der Waals surface area contributed by atoms with E-state index in [2.05, 4.69) is 53.6 Å². The van der Waals surface area contributed by atoms with E-state index in [9.17, 15) is 0 Å². The lowest BCUT2D eigenvalue weighted by atomic mass is 9.85. The number of hydrogen-bond donors (Lipinski definition) is 1. The van der Waals surface area contributed by atoms with Crippen molar-refractivity contribution in [3.05, 3.63) is 53.2 Å². The van der Waals surface area contributed by atoms with Crippen LogP contribution in [0.2, 0.25) is 5.15 Å². The Bertz CT molecular complexity index is 494. The second kappa shape index (κ2) is 5.36. The van der Waals surface area contributed by atoms with Gasteiger partial charge in [0, 0.05) is 12.0 Å². The van der Waals surface area contributed by atoms with E-state index in [1.807, 2.05) is 12.1 Å². The fraction of sp³-hybridized carbons (Fsp3) is 0.286. The van der Waals surface area contributed by atoms with Gasteiger partial charge in [0.15, 0.2) is 5.15 Å². The monoisotopic (exact) mass is 261 g/mol. The van der Waals surface area contributed by atoms with Gasteiger partial charge < -0.3 is 5.32 Å². The van der Waals surface area contributed by atoms with Crippen LogP contribution in [0.25, 0.3) is 0 Å². The summed E-state index contributed by atoms with van der Waals surface area (Å²) in [5.41, 5.74) is 1.32. The van der Waals surface area contributed by atoms with Crippen LogP contribution in [-0.2, 0) is 5.41 Å². The molecular weight excluding hydrogens is 246 g/mol. The maximum Gasteiger partial charge on any atom is 0.151 e. The molecule has 1 aromatic heterocycles. The van der Waals surface area contributed by atoms with Crippen LogP contribution in [0.5, 0.6) is 0 Å². The minimum absolute atomic E-state index is 0.0303. The molecule has 0 saturated heterocycles. The number of benzene rings is 1. The molecule has 0 saturated carbocycles. The lowest BCUT2D eigenvalue weighted by Gasteiger charge is -2.25. The van der Waals surface area contributed by atoms with Crippen molar-refractivity contribution in [3.63, 3.8) is 0 Å². The highest BCUT2D eigenvalue weighted by Gasteiger charge is 2.19. The van der Waals surface area contributed by atoms with Crippen molar-refractivity contribution in [1.29, 1.82) is 0 Å². The number of nitrogens with one attached hydrogen (secondary N) is 1. The third-order valence-corrected chi connectivity index (χ3v) is 3.10. The topological polar surface area (TPSA) is 37.8 Å². The van der Waals surface area contributed by atoms with Gasteiger partial charge in [0.1, 0.15) is 5.82 Å². The van der Waals surface area contributed by atoms with Crippen LogP contribution in [-0.4, -0.2) is 16.7 Å². The average Bonchev–Trinajstić information content (AvgIpc) is 2.39. The third kappa shape index (κ3) is 3.20. The minimum Gasteiger partial charge on any atom is -0.368 e. The zero-order valence-corrected chi connectivity index (χ0v) is 11.3. The molecule has 0 atom stereocenters. The fourth-order valence-corrected chi connectivity index (χ4v) is 1.81. The van der Waals surface area contributed by atoms with Crippen molar-refractivity contribution >= 4 is 17.4 Å². The van der Waals surface area contributed by atoms with E-state index in [0.29, 0.717) is 5.15 Å². The molecule has 2 aromatic rings. The Morgan fingerprint density at radius 3 is 2.39 bits per heavy atom.